The van der Waals surface area contributed by atoms with E-state index in [-0.39, 0.29) is 30.1 Å². The number of piperidine rings is 1. The summed E-state index contributed by atoms with van der Waals surface area (Å²) in [4.78, 5) is 15.3. The number of likely N-dealkylation sites (N-methyl/N-ethyl adjacent to an activating group) is 1. The number of aryl methyl sites for hydroxylation is 1. The first-order chi connectivity index (χ1) is 16.6. The van der Waals surface area contributed by atoms with E-state index >= 15 is 0 Å². The number of benzene rings is 2. The zero-order valence-electron chi connectivity index (χ0n) is 20.4. The molecule has 2 atom stereocenters. The molecule has 3 rings (SSSR count). The molecular weight excluding hydrogens is 489 g/mol. The van der Waals surface area contributed by atoms with Crippen LogP contribution in [0, 0.1) is 12.7 Å². The molecule has 0 spiro atoms. The molecule has 0 aromatic heterocycles. The van der Waals surface area contributed by atoms with Crippen LogP contribution in [0.25, 0.3) is 0 Å². The Balaban J connectivity index is 2.05. The standard InChI is InChI=1S/C26H29F7N2O/c1-5-35(22-8-9-34-14-21(22)20-7-6-19(27)10-15(20)2)23(36)24(3,4)16-11-17(25(28,29)30)13-18(12-16)26(31,32)33/h6-7,10-13,21-22,34H,5,8-9,14H2,1-4H3/t21-,22+/m1/s1. The second kappa shape index (κ2) is 10.0. The van der Waals surface area contributed by atoms with Crippen molar-refractivity contribution in [3.05, 3.63) is 70.0 Å². The van der Waals surface area contributed by atoms with Crippen LogP contribution in [0.3, 0.4) is 0 Å². The summed E-state index contributed by atoms with van der Waals surface area (Å²) in [6.45, 7) is 7.43. The van der Waals surface area contributed by atoms with E-state index in [9.17, 15) is 35.5 Å². The van der Waals surface area contributed by atoms with Gasteiger partial charge in [-0.15, -0.1) is 0 Å². The van der Waals surface area contributed by atoms with E-state index < -0.39 is 40.6 Å². The van der Waals surface area contributed by atoms with Crippen LogP contribution in [-0.4, -0.2) is 36.5 Å². The fraction of sp³-hybridized carbons (Fsp3) is 0.500. The number of hydrogen-bond acceptors (Lipinski definition) is 2. The lowest BCUT2D eigenvalue weighted by atomic mass is 9.78. The molecule has 0 unspecified atom stereocenters. The Bertz CT molecular complexity index is 1080. The topological polar surface area (TPSA) is 32.3 Å². The van der Waals surface area contributed by atoms with E-state index in [4.69, 9.17) is 0 Å². The van der Waals surface area contributed by atoms with Crippen molar-refractivity contribution in [2.75, 3.05) is 19.6 Å². The van der Waals surface area contributed by atoms with Crippen molar-refractivity contribution in [2.24, 2.45) is 0 Å². The van der Waals surface area contributed by atoms with Crippen molar-refractivity contribution in [1.82, 2.24) is 10.2 Å². The molecule has 3 nitrogen and oxygen atoms in total. The minimum Gasteiger partial charge on any atom is -0.339 e. The molecule has 1 fully saturated rings. The normalized spacial score (nSPS) is 19.3. The zero-order valence-corrected chi connectivity index (χ0v) is 20.4. The molecule has 0 aliphatic carbocycles. The van der Waals surface area contributed by atoms with Gasteiger partial charge < -0.3 is 10.2 Å². The first-order valence-electron chi connectivity index (χ1n) is 11.6. The van der Waals surface area contributed by atoms with Crippen molar-refractivity contribution in [1.29, 1.82) is 0 Å². The maximum atomic E-state index is 13.8. The van der Waals surface area contributed by atoms with Crippen molar-refractivity contribution in [3.8, 4) is 0 Å². The highest BCUT2D eigenvalue weighted by molar-refractivity contribution is 5.88. The molecule has 0 bridgehead atoms. The summed E-state index contributed by atoms with van der Waals surface area (Å²) in [5, 5.41) is 3.26. The number of alkyl halides is 6. The van der Waals surface area contributed by atoms with Gasteiger partial charge in [0.15, 0.2) is 0 Å². The summed E-state index contributed by atoms with van der Waals surface area (Å²) < 4.78 is 94.4. The summed E-state index contributed by atoms with van der Waals surface area (Å²) in [7, 11) is 0. The minimum absolute atomic E-state index is 0.0573. The molecule has 198 valence electrons. The van der Waals surface area contributed by atoms with E-state index in [0.29, 0.717) is 37.2 Å². The first kappa shape index (κ1) is 28.0. The highest BCUT2D eigenvalue weighted by Crippen LogP contribution is 2.40. The summed E-state index contributed by atoms with van der Waals surface area (Å²) in [6.07, 6.45) is -9.51. The Morgan fingerprint density at radius 3 is 2.03 bits per heavy atom. The molecule has 1 saturated heterocycles. The van der Waals surface area contributed by atoms with Gasteiger partial charge in [0, 0.05) is 25.0 Å². The molecule has 0 saturated carbocycles. The van der Waals surface area contributed by atoms with Gasteiger partial charge in [0.1, 0.15) is 5.82 Å². The van der Waals surface area contributed by atoms with Gasteiger partial charge in [0.05, 0.1) is 16.5 Å². The van der Waals surface area contributed by atoms with Gasteiger partial charge in [-0.3, -0.25) is 4.79 Å². The summed E-state index contributed by atoms with van der Waals surface area (Å²) in [5.74, 6) is -1.20. The predicted octanol–water partition coefficient (Wildman–Crippen LogP) is 6.44. The third-order valence-corrected chi connectivity index (χ3v) is 6.92. The molecular formula is C26H29F7N2O. The van der Waals surface area contributed by atoms with E-state index in [1.165, 1.54) is 30.9 Å². The summed E-state index contributed by atoms with van der Waals surface area (Å²) in [5.41, 5.74) is -3.43. The van der Waals surface area contributed by atoms with Crippen LogP contribution in [-0.2, 0) is 22.6 Å². The Hall–Kier alpha value is -2.62. The number of carbonyl (C=O) groups is 1. The number of hydrogen-bond donors (Lipinski definition) is 1. The van der Waals surface area contributed by atoms with Gasteiger partial charge >= 0.3 is 12.4 Å². The second-order valence-electron chi connectivity index (χ2n) is 9.68. The lowest BCUT2D eigenvalue weighted by Gasteiger charge is -2.43. The van der Waals surface area contributed by atoms with Crippen LogP contribution in [0.1, 0.15) is 60.9 Å². The number of rotatable bonds is 5. The fourth-order valence-electron chi connectivity index (χ4n) is 4.92. The molecule has 1 amide bonds. The molecule has 10 heteroatoms. The van der Waals surface area contributed by atoms with Crippen LogP contribution in [0.15, 0.2) is 36.4 Å². The number of nitrogens with zero attached hydrogens (tertiary/aromatic N) is 1. The van der Waals surface area contributed by atoms with Crippen LogP contribution < -0.4 is 5.32 Å². The smallest absolute Gasteiger partial charge is 0.339 e. The third-order valence-electron chi connectivity index (χ3n) is 6.92. The largest absolute Gasteiger partial charge is 0.416 e. The lowest BCUT2D eigenvalue weighted by molar-refractivity contribution is -0.144. The molecule has 1 aliphatic rings. The number of carbonyl (C=O) groups excluding carboxylic acids is 1. The van der Waals surface area contributed by atoms with Crippen LogP contribution in [0.2, 0.25) is 0 Å². The maximum Gasteiger partial charge on any atom is 0.416 e. The van der Waals surface area contributed by atoms with E-state index in [1.54, 1.807) is 19.9 Å². The third kappa shape index (κ3) is 5.68. The highest BCUT2D eigenvalue weighted by Gasteiger charge is 2.43. The molecule has 1 aliphatic heterocycles. The van der Waals surface area contributed by atoms with Crippen molar-refractivity contribution in [3.63, 3.8) is 0 Å². The van der Waals surface area contributed by atoms with Crippen LogP contribution >= 0.6 is 0 Å². The number of halogens is 7. The first-order valence-corrected chi connectivity index (χ1v) is 11.6. The summed E-state index contributed by atoms with van der Waals surface area (Å²) >= 11 is 0. The van der Waals surface area contributed by atoms with Gasteiger partial charge in [-0.05, 0) is 87.7 Å². The molecule has 1 N–H and O–H groups in total. The SMILES string of the molecule is CCN(C(=O)C(C)(C)c1cc(C(F)(F)F)cc(C(F)(F)F)c1)[C@H]1CCNC[C@@H]1c1ccc(F)cc1C. The van der Waals surface area contributed by atoms with Crippen molar-refractivity contribution in [2.45, 2.75) is 63.8 Å². The lowest BCUT2D eigenvalue weighted by Crippen LogP contribution is -2.54. The van der Waals surface area contributed by atoms with E-state index in [0.717, 1.165) is 5.56 Å². The Labute approximate surface area is 205 Å². The van der Waals surface area contributed by atoms with Crippen molar-refractivity contribution >= 4 is 5.91 Å². The quantitative estimate of drug-likeness (QED) is 0.462. The fourth-order valence-corrected chi connectivity index (χ4v) is 4.92. The van der Waals surface area contributed by atoms with Gasteiger partial charge in [0.2, 0.25) is 5.91 Å². The monoisotopic (exact) mass is 518 g/mol. The minimum atomic E-state index is -5.01. The zero-order chi connectivity index (χ0) is 27.1. The summed E-state index contributed by atoms with van der Waals surface area (Å²) in [6, 6.07) is 5.29. The van der Waals surface area contributed by atoms with E-state index in [2.05, 4.69) is 5.32 Å². The number of amides is 1. The van der Waals surface area contributed by atoms with Gasteiger partial charge in [-0.2, -0.15) is 26.3 Å². The molecule has 0 radical (unpaired) electrons. The Morgan fingerprint density at radius 2 is 1.53 bits per heavy atom. The average molecular weight is 519 g/mol. The highest BCUT2D eigenvalue weighted by atomic mass is 19.4. The second-order valence-corrected chi connectivity index (χ2v) is 9.68. The van der Waals surface area contributed by atoms with Crippen LogP contribution in [0.4, 0.5) is 30.7 Å². The van der Waals surface area contributed by atoms with Gasteiger partial charge in [-0.1, -0.05) is 6.07 Å². The van der Waals surface area contributed by atoms with E-state index in [1.807, 2.05) is 0 Å². The predicted molar refractivity (Wildman–Crippen MR) is 122 cm³/mol. The van der Waals surface area contributed by atoms with Gasteiger partial charge in [-0.25, -0.2) is 4.39 Å². The Kier molecular flexibility index (Phi) is 7.79. The molecule has 2 aromatic rings. The molecule has 1 heterocycles. The Morgan fingerprint density at radius 1 is 0.972 bits per heavy atom. The number of nitrogens with one attached hydrogen (secondary N) is 1. The molecule has 36 heavy (non-hydrogen) atoms. The van der Waals surface area contributed by atoms with Gasteiger partial charge in [0.25, 0.3) is 0 Å². The average Bonchev–Trinajstić information content (AvgIpc) is 2.78. The molecule has 2 aromatic carbocycles. The maximum absolute atomic E-state index is 13.8. The van der Waals surface area contributed by atoms with Crippen LogP contribution in [0.5, 0.6) is 0 Å². The van der Waals surface area contributed by atoms with Crippen molar-refractivity contribution < 1.29 is 35.5 Å².